The van der Waals surface area contributed by atoms with Gasteiger partial charge in [-0.15, -0.1) is 0 Å². The van der Waals surface area contributed by atoms with Gasteiger partial charge < -0.3 is 20.3 Å². The summed E-state index contributed by atoms with van der Waals surface area (Å²) in [6.07, 6.45) is 0. The zero-order chi connectivity index (χ0) is 15.1. The lowest BCUT2D eigenvalue weighted by molar-refractivity contribution is -0.906. The average Bonchev–Trinajstić information content (AvgIpc) is 2.47. The summed E-state index contributed by atoms with van der Waals surface area (Å²) in [4.78, 5) is 1.55. The van der Waals surface area contributed by atoms with E-state index in [1.807, 2.05) is 12.1 Å². The molecule has 1 heterocycles. The van der Waals surface area contributed by atoms with Gasteiger partial charge in [-0.1, -0.05) is 29.3 Å². The highest BCUT2D eigenvalue weighted by Gasteiger charge is 2.12. The zero-order valence-electron chi connectivity index (χ0n) is 11.8. The number of hydrogen-bond acceptors (Lipinski definition) is 2. The van der Waals surface area contributed by atoms with Crippen LogP contribution in [0.4, 0.5) is 0 Å². The molecule has 0 saturated carbocycles. The van der Waals surface area contributed by atoms with Gasteiger partial charge in [0.1, 0.15) is 13.1 Å². The lowest BCUT2D eigenvalue weighted by Gasteiger charge is -2.24. The summed E-state index contributed by atoms with van der Waals surface area (Å²) in [6, 6.07) is 5.46. The Kier molecular flexibility index (Phi) is 6.99. The van der Waals surface area contributed by atoms with E-state index in [0.717, 1.165) is 45.0 Å². The first-order valence-corrected chi connectivity index (χ1v) is 8.18. The maximum absolute atomic E-state index is 6.12. The molecule has 0 radical (unpaired) electrons. The van der Waals surface area contributed by atoms with Crippen LogP contribution in [0.3, 0.4) is 0 Å². The predicted molar refractivity (Wildman–Crippen MR) is 90.3 cm³/mol. The van der Waals surface area contributed by atoms with Crippen LogP contribution in [0.5, 0.6) is 0 Å². The number of nitrogens with one attached hydrogen (secondary N) is 3. The molecule has 116 valence electrons. The van der Waals surface area contributed by atoms with Crippen molar-refractivity contribution in [2.24, 2.45) is 0 Å². The van der Waals surface area contributed by atoms with Gasteiger partial charge in [-0.05, 0) is 29.9 Å². The van der Waals surface area contributed by atoms with Crippen LogP contribution >= 0.6 is 35.4 Å². The fraction of sp³-hybridized carbons (Fsp3) is 0.500. The van der Waals surface area contributed by atoms with Crippen molar-refractivity contribution in [2.75, 3.05) is 39.4 Å². The summed E-state index contributed by atoms with van der Waals surface area (Å²) in [5, 5.41) is 8.31. The van der Waals surface area contributed by atoms with Gasteiger partial charge in [0.2, 0.25) is 0 Å². The van der Waals surface area contributed by atoms with Gasteiger partial charge in [0.15, 0.2) is 5.11 Å². The van der Waals surface area contributed by atoms with Crippen LogP contribution in [0, 0.1) is 0 Å². The van der Waals surface area contributed by atoms with Crippen molar-refractivity contribution in [2.45, 2.75) is 6.54 Å². The summed E-state index contributed by atoms with van der Waals surface area (Å²) in [6.45, 7) is 6.35. The van der Waals surface area contributed by atoms with Crippen molar-refractivity contribution in [3.05, 3.63) is 33.8 Å². The second-order valence-electron chi connectivity index (χ2n) is 4.96. The van der Waals surface area contributed by atoms with E-state index in [-0.39, 0.29) is 0 Å². The Labute approximate surface area is 140 Å². The van der Waals surface area contributed by atoms with Gasteiger partial charge in [-0.3, -0.25) is 0 Å². The molecule has 1 aliphatic heterocycles. The summed E-state index contributed by atoms with van der Waals surface area (Å²) < 4.78 is 5.33. The van der Waals surface area contributed by atoms with Gasteiger partial charge in [0.25, 0.3) is 0 Å². The van der Waals surface area contributed by atoms with Gasteiger partial charge in [-0.25, -0.2) is 0 Å². The number of ether oxygens (including phenoxy) is 1. The third-order valence-corrected chi connectivity index (χ3v) is 4.29. The van der Waals surface area contributed by atoms with Crippen LogP contribution < -0.4 is 15.5 Å². The highest BCUT2D eigenvalue weighted by molar-refractivity contribution is 7.80. The van der Waals surface area contributed by atoms with Crippen molar-refractivity contribution in [3.8, 4) is 0 Å². The number of rotatable bonds is 5. The largest absolute Gasteiger partial charge is 0.370 e. The first kappa shape index (κ1) is 16.8. The number of benzene rings is 1. The molecule has 0 amide bonds. The van der Waals surface area contributed by atoms with E-state index in [2.05, 4.69) is 10.6 Å². The molecule has 0 atom stereocenters. The molecule has 1 saturated heterocycles. The molecule has 7 heteroatoms. The Balaban J connectivity index is 1.65. The minimum absolute atomic E-state index is 0.590. The smallest absolute Gasteiger partial charge is 0.166 e. The Morgan fingerprint density at radius 2 is 2.00 bits per heavy atom. The summed E-state index contributed by atoms with van der Waals surface area (Å²) in [7, 11) is 0. The minimum atomic E-state index is 0.590. The average molecular weight is 349 g/mol. The second kappa shape index (κ2) is 8.76. The van der Waals surface area contributed by atoms with E-state index in [1.165, 1.54) is 0 Å². The molecule has 2 rings (SSSR count). The number of halogens is 2. The highest BCUT2D eigenvalue weighted by Crippen LogP contribution is 2.20. The Morgan fingerprint density at radius 3 is 2.71 bits per heavy atom. The van der Waals surface area contributed by atoms with Crippen LogP contribution in [0.25, 0.3) is 0 Å². The molecular weight excluding hydrogens is 329 g/mol. The topological polar surface area (TPSA) is 37.7 Å². The van der Waals surface area contributed by atoms with E-state index in [9.17, 15) is 0 Å². The molecule has 1 aliphatic rings. The molecule has 21 heavy (non-hydrogen) atoms. The predicted octanol–water partition coefficient (Wildman–Crippen LogP) is 0.873. The number of morpholine rings is 1. The second-order valence-corrected chi connectivity index (χ2v) is 6.21. The Hall–Kier alpha value is -0.590. The highest BCUT2D eigenvalue weighted by atomic mass is 35.5. The van der Waals surface area contributed by atoms with E-state index >= 15 is 0 Å². The molecule has 0 bridgehead atoms. The Bertz CT molecular complexity index is 481. The summed E-state index contributed by atoms with van der Waals surface area (Å²) in [5.74, 6) is 0. The SMILES string of the molecule is S=C(NCC[NH+]1CCOCC1)NCc1ccc(Cl)cc1Cl. The quantitative estimate of drug-likeness (QED) is 0.690. The van der Waals surface area contributed by atoms with Crippen molar-refractivity contribution in [1.29, 1.82) is 0 Å². The van der Waals surface area contributed by atoms with E-state index < -0.39 is 0 Å². The lowest BCUT2D eigenvalue weighted by atomic mass is 10.2. The minimum Gasteiger partial charge on any atom is -0.370 e. The van der Waals surface area contributed by atoms with Crippen LogP contribution in [0.2, 0.25) is 10.0 Å². The van der Waals surface area contributed by atoms with Crippen LogP contribution in [-0.2, 0) is 11.3 Å². The monoisotopic (exact) mass is 348 g/mol. The molecule has 1 aromatic rings. The molecule has 4 nitrogen and oxygen atoms in total. The molecule has 3 N–H and O–H groups in total. The van der Waals surface area contributed by atoms with Gasteiger partial charge >= 0.3 is 0 Å². The van der Waals surface area contributed by atoms with E-state index in [1.54, 1.807) is 11.0 Å². The van der Waals surface area contributed by atoms with Gasteiger partial charge in [0.05, 0.1) is 26.3 Å². The maximum atomic E-state index is 6.12. The Morgan fingerprint density at radius 1 is 1.24 bits per heavy atom. The molecule has 1 aromatic carbocycles. The fourth-order valence-corrected chi connectivity index (χ4v) is 2.82. The molecular formula is C14H20Cl2N3OS+. The van der Waals surface area contributed by atoms with Crippen LogP contribution in [0.15, 0.2) is 18.2 Å². The van der Waals surface area contributed by atoms with Crippen molar-refractivity contribution in [3.63, 3.8) is 0 Å². The van der Waals surface area contributed by atoms with E-state index in [4.69, 9.17) is 40.2 Å². The normalized spacial score (nSPS) is 15.7. The third-order valence-electron chi connectivity index (χ3n) is 3.42. The first-order chi connectivity index (χ1) is 10.1. The maximum Gasteiger partial charge on any atom is 0.166 e. The number of quaternary nitrogens is 1. The molecule has 0 spiro atoms. The fourth-order valence-electron chi connectivity index (χ4n) is 2.17. The number of thiocarbonyl (C=S) groups is 1. The molecule has 0 aliphatic carbocycles. The van der Waals surface area contributed by atoms with Crippen molar-refractivity contribution in [1.82, 2.24) is 10.6 Å². The molecule has 0 unspecified atom stereocenters. The number of hydrogen-bond donors (Lipinski definition) is 3. The third kappa shape index (κ3) is 5.96. The van der Waals surface area contributed by atoms with E-state index in [0.29, 0.717) is 21.7 Å². The zero-order valence-corrected chi connectivity index (χ0v) is 14.1. The standard InChI is InChI=1S/C14H19Cl2N3OS/c15-12-2-1-11(13(16)9-12)10-18-14(21)17-3-4-19-5-7-20-8-6-19/h1-2,9H,3-8,10H2,(H2,17,18,21)/p+1. The van der Waals surface area contributed by atoms with Gasteiger partial charge in [-0.2, -0.15) is 0 Å². The van der Waals surface area contributed by atoms with Crippen molar-refractivity contribution < 1.29 is 9.64 Å². The summed E-state index contributed by atoms with van der Waals surface area (Å²) in [5.41, 5.74) is 0.976. The first-order valence-electron chi connectivity index (χ1n) is 7.02. The summed E-state index contributed by atoms with van der Waals surface area (Å²) >= 11 is 17.2. The van der Waals surface area contributed by atoms with Gasteiger partial charge in [0, 0.05) is 16.6 Å². The van der Waals surface area contributed by atoms with Crippen LogP contribution in [0.1, 0.15) is 5.56 Å². The lowest BCUT2D eigenvalue weighted by Crippen LogP contribution is -3.14. The van der Waals surface area contributed by atoms with Crippen molar-refractivity contribution >= 4 is 40.5 Å². The molecule has 1 fully saturated rings. The van der Waals surface area contributed by atoms with Crippen LogP contribution in [-0.4, -0.2) is 44.5 Å². The molecule has 0 aromatic heterocycles.